The van der Waals surface area contributed by atoms with E-state index >= 15 is 0 Å². The molecule has 0 bridgehead atoms. The van der Waals surface area contributed by atoms with Gasteiger partial charge in [-0.15, -0.1) is 16.8 Å². The van der Waals surface area contributed by atoms with Gasteiger partial charge in [-0.05, 0) is 56.0 Å². The molecule has 0 amide bonds. The Kier molecular flexibility index (Phi) is 7.66. The maximum absolute atomic E-state index is 13.3. The van der Waals surface area contributed by atoms with E-state index < -0.39 is 0 Å². The summed E-state index contributed by atoms with van der Waals surface area (Å²) in [4.78, 5) is 17.5. The highest BCUT2D eigenvalue weighted by molar-refractivity contribution is 7.99. The fraction of sp³-hybridized carbons (Fsp3) is 0.286. The average Bonchev–Trinajstić information content (AvgIpc) is 3.43. The highest BCUT2D eigenvalue weighted by Gasteiger charge is 2.22. The van der Waals surface area contributed by atoms with Crippen molar-refractivity contribution in [3.63, 3.8) is 0 Å². The zero-order chi connectivity index (χ0) is 24.9. The number of benzene rings is 1. The van der Waals surface area contributed by atoms with Crippen molar-refractivity contribution in [1.29, 1.82) is 0 Å². The number of allylic oxidation sites excluding steroid dienone is 1. The number of para-hydroxylation sites is 1. The lowest BCUT2D eigenvalue weighted by molar-refractivity contribution is 0.102. The quantitative estimate of drug-likeness (QED) is 0.156. The number of rotatable bonds is 10. The minimum atomic E-state index is 0.0791. The van der Waals surface area contributed by atoms with E-state index in [0.717, 1.165) is 46.9 Å². The summed E-state index contributed by atoms with van der Waals surface area (Å²) in [7, 11) is 0. The Balaban J connectivity index is 1.75. The molecule has 0 fully saturated rings. The standard InChI is InChI=1S/C28H31N5OS/c1-6-15-32-19(4)16-24(20(32)5)25(34)18-35-28-31-30-27(23-13-10-14-29-17-23)33(28)26-21(7-2)11-9-12-22(26)8-3/h6,9-14,16-17H,1,7-8,15,18H2,2-5H3. The third kappa shape index (κ3) is 4.86. The van der Waals surface area contributed by atoms with E-state index in [2.05, 4.69) is 62.9 Å². The van der Waals surface area contributed by atoms with Crippen molar-refractivity contribution in [1.82, 2.24) is 24.3 Å². The molecule has 3 aromatic heterocycles. The van der Waals surface area contributed by atoms with Crippen LogP contribution in [0.2, 0.25) is 0 Å². The number of Topliss-reactive ketones (excluding diaryl/α,β-unsaturated/α-hetero) is 1. The predicted octanol–water partition coefficient (Wildman–Crippen LogP) is 6.03. The van der Waals surface area contributed by atoms with Crippen LogP contribution < -0.4 is 0 Å². The van der Waals surface area contributed by atoms with Crippen LogP contribution in [0.25, 0.3) is 17.1 Å². The first-order valence-corrected chi connectivity index (χ1v) is 12.9. The van der Waals surface area contributed by atoms with Gasteiger partial charge in [-0.1, -0.05) is 49.9 Å². The number of thioether (sulfide) groups is 1. The second kappa shape index (κ2) is 10.9. The number of aryl methyl sites for hydroxylation is 3. The zero-order valence-electron chi connectivity index (χ0n) is 20.8. The Morgan fingerprint density at radius 2 is 1.83 bits per heavy atom. The fourth-order valence-corrected chi connectivity index (χ4v) is 5.27. The van der Waals surface area contributed by atoms with Crippen LogP contribution in [0.3, 0.4) is 0 Å². The molecule has 1 aromatic carbocycles. The smallest absolute Gasteiger partial charge is 0.196 e. The first-order valence-electron chi connectivity index (χ1n) is 11.9. The van der Waals surface area contributed by atoms with Crippen molar-refractivity contribution in [2.75, 3.05) is 5.75 Å². The van der Waals surface area contributed by atoms with Gasteiger partial charge in [0.1, 0.15) is 0 Å². The third-order valence-electron chi connectivity index (χ3n) is 6.26. The van der Waals surface area contributed by atoms with Crippen LogP contribution in [-0.4, -0.2) is 35.9 Å². The molecule has 0 saturated heterocycles. The summed E-state index contributed by atoms with van der Waals surface area (Å²) in [5.74, 6) is 1.09. The Labute approximate surface area is 211 Å². The van der Waals surface area contributed by atoms with Crippen LogP contribution in [0.15, 0.2) is 66.6 Å². The minimum Gasteiger partial charge on any atom is -0.345 e. The first-order chi connectivity index (χ1) is 17.0. The molecule has 0 saturated carbocycles. The van der Waals surface area contributed by atoms with E-state index in [1.54, 1.807) is 12.4 Å². The summed E-state index contributed by atoms with van der Waals surface area (Å²) in [6, 6.07) is 12.3. The van der Waals surface area contributed by atoms with E-state index in [0.29, 0.717) is 11.7 Å². The molecule has 0 aliphatic heterocycles. The SMILES string of the molecule is C=CCn1c(C)cc(C(=O)CSc2nnc(-c3cccnc3)n2-c2c(CC)cccc2CC)c1C. The first kappa shape index (κ1) is 24.7. The van der Waals surface area contributed by atoms with Gasteiger partial charge in [0.15, 0.2) is 16.8 Å². The van der Waals surface area contributed by atoms with Crippen molar-refractivity contribution in [3.8, 4) is 17.1 Å². The number of hydrogen-bond donors (Lipinski definition) is 0. The molecule has 0 aliphatic carbocycles. The second-order valence-corrected chi connectivity index (χ2v) is 9.35. The second-order valence-electron chi connectivity index (χ2n) is 8.41. The molecule has 0 radical (unpaired) electrons. The van der Waals surface area contributed by atoms with Gasteiger partial charge in [0, 0.05) is 41.5 Å². The zero-order valence-corrected chi connectivity index (χ0v) is 21.6. The monoisotopic (exact) mass is 485 g/mol. The highest BCUT2D eigenvalue weighted by atomic mass is 32.2. The van der Waals surface area contributed by atoms with Crippen molar-refractivity contribution >= 4 is 17.5 Å². The number of pyridine rings is 1. The Morgan fingerprint density at radius 1 is 1.09 bits per heavy atom. The maximum atomic E-state index is 13.3. The number of carbonyl (C=O) groups is 1. The fourth-order valence-electron chi connectivity index (χ4n) is 4.45. The van der Waals surface area contributed by atoms with Crippen LogP contribution in [0.1, 0.15) is 46.7 Å². The molecule has 0 atom stereocenters. The van der Waals surface area contributed by atoms with Gasteiger partial charge in [0.05, 0.1) is 11.4 Å². The highest BCUT2D eigenvalue weighted by Crippen LogP contribution is 2.32. The van der Waals surface area contributed by atoms with Crippen molar-refractivity contribution in [2.45, 2.75) is 52.2 Å². The van der Waals surface area contributed by atoms with Crippen molar-refractivity contribution < 1.29 is 4.79 Å². The van der Waals surface area contributed by atoms with Gasteiger partial charge in [0.25, 0.3) is 0 Å². The average molecular weight is 486 g/mol. The summed E-state index contributed by atoms with van der Waals surface area (Å²) in [5, 5.41) is 9.79. The van der Waals surface area contributed by atoms with Gasteiger partial charge in [-0.3, -0.25) is 14.3 Å². The predicted molar refractivity (Wildman–Crippen MR) is 143 cm³/mol. The molecular formula is C28H31N5OS. The Bertz CT molecular complexity index is 1330. The summed E-state index contributed by atoms with van der Waals surface area (Å²) >= 11 is 1.43. The lowest BCUT2D eigenvalue weighted by atomic mass is 10.0. The van der Waals surface area contributed by atoms with Gasteiger partial charge >= 0.3 is 0 Å². The van der Waals surface area contributed by atoms with E-state index in [1.165, 1.54) is 22.9 Å². The Hall–Kier alpha value is -3.45. The molecule has 6 nitrogen and oxygen atoms in total. The molecule has 0 unspecified atom stereocenters. The van der Waals surface area contributed by atoms with Crippen LogP contribution in [0.4, 0.5) is 0 Å². The molecule has 4 rings (SSSR count). The molecule has 7 heteroatoms. The topological polar surface area (TPSA) is 65.6 Å². The molecule has 35 heavy (non-hydrogen) atoms. The van der Waals surface area contributed by atoms with Crippen LogP contribution in [0, 0.1) is 13.8 Å². The van der Waals surface area contributed by atoms with E-state index in [-0.39, 0.29) is 11.5 Å². The lowest BCUT2D eigenvalue weighted by Gasteiger charge is -2.17. The van der Waals surface area contributed by atoms with Crippen LogP contribution in [-0.2, 0) is 19.4 Å². The summed E-state index contributed by atoms with van der Waals surface area (Å²) < 4.78 is 4.21. The summed E-state index contributed by atoms with van der Waals surface area (Å²) in [6.45, 7) is 12.8. The van der Waals surface area contributed by atoms with E-state index in [4.69, 9.17) is 0 Å². The number of carbonyl (C=O) groups excluding carboxylic acids is 1. The van der Waals surface area contributed by atoms with Crippen LogP contribution >= 0.6 is 11.8 Å². The maximum Gasteiger partial charge on any atom is 0.196 e. The molecular weight excluding hydrogens is 454 g/mol. The molecule has 0 N–H and O–H groups in total. The Morgan fingerprint density at radius 3 is 2.46 bits per heavy atom. The van der Waals surface area contributed by atoms with E-state index in [9.17, 15) is 4.79 Å². The van der Waals surface area contributed by atoms with Gasteiger partial charge in [-0.25, -0.2) is 0 Å². The molecule has 3 heterocycles. The van der Waals surface area contributed by atoms with Crippen LogP contribution in [0.5, 0.6) is 0 Å². The molecule has 4 aromatic rings. The van der Waals surface area contributed by atoms with Crippen molar-refractivity contribution in [3.05, 3.63) is 89.5 Å². The summed E-state index contributed by atoms with van der Waals surface area (Å²) in [5.41, 5.74) is 7.20. The van der Waals surface area contributed by atoms with Gasteiger partial charge in [-0.2, -0.15) is 0 Å². The normalized spacial score (nSPS) is 11.1. The number of nitrogens with zero attached hydrogens (tertiary/aromatic N) is 5. The largest absolute Gasteiger partial charge is 0.345 e. The van der Waals surface area contributed by atoms with Gasteiger partial charge < -0.3 is 4.57 Å². The minimum absolute atomic E-state index is 0.0791. The van der Waals surface area contributed by atoms with E-state index in [1.807, 2.05) is 38.1 Å². The summed E-state index contributed by atoms with van der Waals surface area (Å²) in [6.07, 6.45) is 7.16. The lowest BCUT2D eigenvalue weighted by Crippen LogP contribution is -2.09. The molecule has 0 spiro atoms. The number of aromatic nitrogens is 5. The molecule has 0 aliphatic rings. The molecule has 180 valence electrons. The van der Waals surface area contributed by atoms with Crippen molar-refractivity contribution in [2.24, 2.45) is 0 Å². The number of hydrogen-bond acceptors (Lipinski definition) is 5. The van der Waals surface area contributed by atoms with Gasteiger partial charge in [0.2, 0.25) is 0 Å². The number of ketones is 1. The third-order valence-corrected chi connectivity index (χ3v) is 7.19.